The largest absolute Gasteiger partial charge is 0.372 e. The standard InChI is InChI=1S/C11H18BrN3/c1-5-7(3)10-14-8(6-2)9(12)11(13-4)15-10/h7H,5-6H2,1-4H3,(H,13,14,15). The van der Waals surface area contributed by atoms with Gasteiger partial charge in [0.2, 0.25) is 0 Å². The Balaban J connectivity index is 3.20. The summed E-state index contributed by atoms with van der Waals surface area (Å²) >= 11 is 3.52. The molecular formula is C11H18BrN3. The lowest BCUT2D eigenvalue weighted by Crippen LogP contribution is -2.07. The van der Waals surface area contributed by atoms with Gasteiger partial charge in [-0.3, -0.25) is 0 Å². The first-order valence-corrected chi connectivity index (χ1v) is 6.17. The van der Waals surface area contributed by atoms with Crippen LogP contribution in [0.2, 0.25) is 0 Å². The SMILES string of the molecule is CCc1nc(C(C)CC)nc(NC)c1Br. The Kier molecular flexibility index (Phi) is 4.51. The molecule has 0 saturated heterocycles. The number of nitrogens with zero attached hydrogens (tertiary/aromatic N) is 2. The highest BCUT2D eigenvalue weighted by Gasteiger charge is 2.13. The zero-order valence-corrected chi connectivity index (χ0v) is 11.3. The molecule has 0 spiro atoms. The number of aromatic nitrogens is 2. The quantitative estimate of drug-likeness (QED) is 0.913. The van der Waals surface area contributed by atoms with Crippen molar-refractivity contribution in [3.05, 3.63) is 16.0 Å². The molecule has 0 bridgehead atoms. The van der Waals surface area contributed by atoms with Crippen LogP contribution in [-0.4, -0.2) is 17.0 Å². The van der Waals surface area contributed by atoms with E-state index in [1.807, 2.05) is 7.05 Å². The lowest BCUT2D eigenvalue weighted by molar-refractivity contribution is 0.671. The number of nitrogens with one attached hydrogen (secondary N) is 1. The number of rotatable bonds is 4. The van der Waals surface area contributed by atoms with Crippen LogP contribution in [0.15, 0.2) is 4.47 Å². The van der Waals surface area contributed by atoms with Gasteiger partial charge in [0.1, 0.15) is 11.6 Å². The fourth-order valence-electron chi connectivity index (χ4n) is 1.32. The van der Waals surface area contributed by atoms with Gasteiger partial charge in [0.15, 0.2) is 0 Å². The van der Waals surface area contributed by atoms with E-state index in [-0.39, 0.29) is 0 Å². The molecule has 1 unspecified atom stereocenters. The molecule has 0 amide bonds. The number of halogens is 1. The maximum absolute atomic E-state index is 4.57. The van der Waals surface area contributed by atoms with Gasteiger partial charge in [-0.25, -0.2) is 9.97 Å². The second kappa shape index (κ2) is 5.45. The smallest absolute Gasteiger partial charge is 0.144 e. The molecule has 1 atom stereocenters. The molecule has 3 nitrogen and oxygen atoms in total. The Morgan fingerprint density at radius 2 is 2.00 bits per heavy atom. The summed E-state index contributed by atoms with van der Waals surface area (Å²) in [6.07, 6.45) is 1.98. The third-order valence-corrected chi connectivity index (χ3v) is 3.40. The lowest BCUT2D eigenvalue weighted by atomic mass is 10.1. The maximum atomic E-state index is 4.57. The number of hydrogen-bond acceptors (Lipinski definition) is 3. The molecule has 4 heteroatoms. The fraction of sp³-hybridized carbons (Fsp3) is 0.636. The van der Waals surface area contributed by atoms with Crippen molar-refractivity contribution in [1.82, 2.24) is 9.97 Å². The molecule has 1 aromatic heterocycles. The van der Waals surface area contributed by atoms with Crippen LogP contribution in [0.3, 0.4) is 0 Å². The van der Waals surface area contributed by atoms with Crippen LogP contribution in [0.5, 0.6) is 0 Å². The van der Waals surface area contributed by atoms with Crippen LogP contribution >= 0.6 is 15.9 Å². The molecule has 0 aliphatic heterocycles. The van der Waals surface area contributed by atoms with Gasteiger partial charge >= 0.3 is 0 Å². The summed E-state index contributed by atoms with van der Waals surface area (Å²) in [5, 5.41) is 3.09. The highest BCUT2D eigenvalue weighted by Crippen LogP contribution is 2.26. The van der Waals surface area contributed by atoms with Crippen molar-refractivity contribution in [2.45, 2.75) is 39.5 Å². The summed E-state index contributed by atoms with van der Waals surface area (Å²) in [5.74, 6) is 2.23. The van der Waals surface area contributed by atoms with Gasteiger partial charge in [-0.05, 0) is 28.8 Å². The second-order valence-corrected chi connectivity index (χ2v) is 4.40. The minimum atomic E-state index is 0.412. The van der Waals surface area contributed by atoms with E-state index in [0.29, 0.717) is 5.92 Å². The van der Waals surface area contributed by atoms with Crippen LogP contribution < -0.4 is 5.32 Å². The van der Waals surface area contributed by atoms with Gasteiger partial charge < -0.3 is 5.32 Å². The van der Waals surface area contributed by atoms with Gasteiger partial charge in [0.05, 0.1) is 10.2 Å². The van der Waals surface area contributed by atoms with Crippen molar-refractivity contribution in [2.75, 3.05) is 12.4 Å². The molecule has 1 N–H and O–H groups in total. The Morgan fingerprint density at radius 1 is 1.33 bits per heavy atom. The van der Waals surface area contributed by atoms with Gasteiger partial charge in [-0.15, -0.1) is 0 Å². The van der Waals surface area contributed by atoms with Crippen LogP contribution in [-0.2, 0) is 6.42 Å². The summed E-state index contributed by atoms with van der Waals surface area (Å²) in [6.45, 7) is 6.41. The van der Waals surface area contributed by atoms with Gasteiger partial charge in [-0.2, -0.15) is 0 Å². The summed E-state index contributed by atoms with van der Waals surface area (Å²) in [5.41, 5.74) is 1.07. The van der Waals surface area contributed by atoms with Crippen LogP contribution in [0.1, 0.15) is 44.6 Å². The minimum Gasteiger partial charge on any atom is -0.372 e. The first kappa shape index (κ1) is 12.4. The molecule has 0 aliphatic rings. The molecule has 0 fully saturated rings. The fourth-order valence-corrected chi connectivity index (χ4v) is 1.97. The molecule has 15 heavy (non-hydrogen) atoms. The Bertz CT molecular complexity index is 314. The van der Waals surface area contributed by atoms with E-state index in [9.17, 15) is 0 Å². The third kappa shape index (κ3) is 2.68. The van der Waals surface area contributed by atoms with E-state index in [2.05, 4.69) is 52.0 Å². The molecule has 1 aromatic rings. The summed E-state index contributed by atoms with van der Waals surface area (Å²) in [6, 6.07) is 0. The second-order valence-electron chi connectivity index (χ2n) is 3.60. The molecule has 0 radical (unpaired) electrons. The first-order chi connectivity index (χ1) is 7.13. The predicted molar refractivity (Wildman–Crippen MR) is 67.4 cm³/mol. The number of hydrogen-bond donors (Lipinski definition) is 1. The monoisotopic (exact) mass is 271 g/mol. The summed E-state index contributed by atoms with van der Waals surface area (Å²) < 4.78 is 0.986. The summed E-state index contributed by atoms with van der Waals surface area (Å²) in [4.78, 5) is 9.07. The van der Waals surface area contributed by atoms with Crippen molar-refractivity contribution in [2.24, 2.45) is 0 Å². The van der Waals surface area contributed by atoms with Crippen LogP contribution in [0.4, 0.5) is 5.82 Å². The molecule has 1 heterocycles. The third-order valence-electron chi connectivity index (χ3n) is 2.56. The zero-order chi connectivity index (χ0) is 11.4. The molecule has 0 aliphatic carbocycles. The predicted octanol–water partition coefficient (Wildman–Crippen LogP) is 3.36. The van der Waals surface area contributed by atoms with Crippen molar-refractivity contribution in [3.8, 4) is 0 Å². The van der Waals surface area contributed by atoms with E-state index >= 15 is 0 Å². The average molecular weight is 272 g/mol. The van der Waals surface area contributed by atoms with Crippen LogP contribution in [0.25, 0.3) is 0 Å². The Labute approximate surface area is 99.8 Å². The molecule has 1 rings (SSSR count). The lowest BCUT2D eigenvalue weighted by Gasteiger charge is -2.13. The van der Waals surface area contributed by atoms with Crippen molar-refractivity contribution >= 4 is 21.7 Å². The van der Waals surface area contributed by atoms with E-state index in [1.54, 1.807) is 0 Å². The first-order valence-electron chi connectivity index (χ1n) is 5.38. The topological polar surface area (TPSA) is 37.8 Å². The van der Waals surface area contributed by atoms with Crippen LogP contribution in [0, 0.1) is 0 Å². The zero-order valence-electron chi connectivity index (χ0n) is 9.76. The highest BCUT2D eigenvalue weighted by atomic mass is 79.9. The van der Waals surface area contributed by atoms with E-state index in [1.165, 1.54) is 0 Å². The molecule has 0 saturated carbocycles. The van der Waals surface area contributed by atoms with Gasteiger partial charge in [0.25, 0.3) is 0 Å². The average Bonchev–Trinajstić information content (AvgIpc) is 2.28. The molecule has 84 valence electrons. The van der Waals surface area contributed by atoms with Crippen molar-refractivity contribution in [1.29, 1.82) is 0 Å². The Morgan fingerprint density at radius 3 is 2.47 bits per heavy atom. The highest BCUT2D eigenvalue weighted by molar-refractivity contribution is 9.10. The molecular weight excluding hydrogens is 254 g/mol. The Hall–Kier alpha value is -0.640. The van der Waals surface area contributed by atoms with Crippen molar-refractivity contribution < 1.29 is 0 Å². The van der Waals surface area contributed by atoms with Gasteiger partial charge in [-0.1, -0.05) is 20.8 Å². The number of aryl methyl sites for hydroxylation is 1. The van der Waals surface area contributed by atoms with E-state index in [0.717, 1.165) is 34.7 Å². The van der Waals surface area contributed by atoms with Gasteiger partial charge in [0, 0.05) is 13.0 Å². The van der Waals surface area contributed by atoms with Crippen molar-refractivity contribution in [3.63, 3.8) is 0 Å². The van der Waals surface area contributed by atoms with E-state index in [4.69, 9.17) is 0 Å². The summed E-state index contributed by atoms with van der Waals surface area (Å²) in [7, 11) is 1.88. The maximum Gasteiger partial charge on any atom is 0.144 e. The van der Waals surface area contributed by atoms with E-state index < -0.39 is 0 Å². The molecule has 0 aromatic carbocycles. The minimum absolute atomic E-state index is 0.412. The number of anilines is 1. The normalized spacial score (nSPS) is 12.6.